The largest absolute Gasteiger partial charge is 0.467 e. The molecular formula is C13H13F2NOS. The first-order valence-electron chi connectivity index (χ1n) is 5.50. The number of benzene rings is 1. The Morgan fingerprint density at radius 3 is 2.44 bits per heavy atom. The van der Waals surface area contributed by atoms with Crippen molar-refractivity contribution in [1.82, 2.24) is 0 Å². The fourth-order valence-corrected chi connectivity index (χ4v) is 2.09. The fraction of sp³-hybridized carbons (Fsp3) is 0.231. The maximum absolute atomic E-state index is 12.2. The smallest absolute Gasteiger partial charge is 0.288 e. The Kier molecular flexibility index (Phi) is 4.25. The molecule has 0 fully saturated rings. The number of anilines is 1. The number of furan rings is 1. The minimum atomic E-state index is -2.38. The van der Waals surface area contributed by atoms with Gasteiger partial charge in [0.05, 0.1) is 12.3 Å². The molecule has 1 unspecified atom stereocenters. The Hall–Kier alpha value is -1.49. The van der Waals surface area contributed by atoms with E-state index < -0.39 is 5.76 Å². The first-order valence-corrected chi connectivity index (χ1v) is 6.38. The van der Waals surface area contributed by atoms with E-state index in [1.807, 2.05) is 19.1 Å². The summed E-state index contributed by atoms with van der Waals surface area (Å²) in [4.78, 5) is 0.557. The predicted octanol–water partition coefficient (Wildman–Crippen LogP) is 4.77. The van der Waals surface area contributed by atoms with Crippen molar-refractivity contribution in [2.75, 3.05) is 5.32 Å². The van der Waals surface area contributed by atoms with Gasteiger partial charge in [-0.2, -0.15) is 8.78 Å². The molecule has 0 amide bonds. The molecule has 5 heteroatoms. The summed E-state index contributed by atoms with van der Waals surface area (Å²) >= 11 is 0.544. The lowest BCUT2D eigenvalue weighted by molar-refractivity contribution is 0.252. The van der Waals surface area contributed by atoms with E-state index in [0.29, 0.717) is 16.7 Å². The normalized spacial score (nSPS) is 12.7. The van der Waals surface area contributed by atoms with Crippen molar-refractivity contribution in [2.24, 2.45) is 0 Å². The number of halogens is 2. The van der Waals surface area contributed by atoms with Gasteiger partial charge in [0.1, 0.15) is 5.76 Å². The maximum Gasteiger partial charge on any atom is 0.288 e. The standard InChI is InChI=1S/C13H13F2NOS/c1-9(12-3-2-8-17-12)16-10-4-6-11(7-5-10)18-13(14)15/h2-9,13,16H,1H3. The zero-order valence-electron chi connectivity index (χ0n) is 9.77. The highest BCUT2D eigenvalue weighted by Gasteiger charge is 2.08. The van der Waals surface area contributed by atoms with Crippen LogP contribution in [0, 0.1) is 0 Å². The van der Waals surface area contributed by atoms with Gasteiger partial charge in [-0.1, -0.05) is 11.8 Å². The van der Waals surface area contributed by atoms with Crippen LogP contribution in [0.15, 0.2) is 52.0 Å². The van der Waals surface area contributed by atoms with Crippen molar-refractivity contribution < 1.29 is 13.2 Å². The number of rotatable bonds is 5. The molecule has 1 aromatic carbocycles. The number of hydrogen-bond acceptors (Lipinski definition) is 3. The van der Waals surface area contributed by atoms with E-state index in [0.717, 1.165) is 11.4 Å². The topological polar surface area (TPSA) is 25.2 Å². The fourth-order valence-electron chi connectivity index (χ4n) is 1.59. The van der Waals surface area contributed by atoms with E-state index in [-0.39, 0.29) is 6.04 Å². The van der Waals surface area contributed by atoms with Crippen molar-refractivity contribution in [3.8, 4) is 0 Å². The molecule has 2 rings (SSSR count). The molecule has 1 aromatic heterocycles. The van der Waals surface area contributed by atoms with Gasteiger partial charge in [0, 0.05) is 10.6 Å². The third-order valence-corrected chi connectivity index (χ3v) is 3.16. The molecule has 2 aromatic rings. The molecule has 1 N–H and O–H groups in total. The lowest BCUT2D eigenvalue weighted by Crippen LogP contribution is -2.05. The first-order chi connectivity index (χ1) is 8.65. The second kappa shape index (κ2) is 5.91. The predicted molar refractivity (Wildman–Crippen MR) is 69.0 cm³/mol. The monoisotopic (exact) mass is 269 g/mol. The van der Waals surface area contributed by atoms with Crippen molar-refractivity contribution in [1.29, 1.82) is 0 Å². The zero-order chi connectivity index (χ0) is 13.0. The lowest BCUT2D eigenvalue weighted by atomic mass is 10.2. The van der Waals surface area contributed by atoms with Gasteiger partial charge in [0.25, 0.3) is 5.76 Å². The van der Waals surface area contributed by atoms with E-state index in [2.05, 4.69) is 5.32 Å². The van der Waals surface area contributed by atoms with Crippen LogP contribution in [-0.2, 0) is 0 Å². The van der Waals surface area contributed by atoms with Crippen LogP contribution >= 0.6 is 11.8 Å². The quantitative estimate of drug-likeness (QED) is 0.792. The molecule has 0 saturated heterocycles. The van der Waals surface area contributed by atoms with E-state index in [9.17, 15) is 8.78 Å². The number of thioether (sulfide) groups is 1. The summed E-state index contributed by atoms with van der Waals surface area (Å²) in [6.07, 6.45) is 1.62. The lowest BCUT2D eigenvalue weighted by Gasteiger charge is -2.13. The van der Waals surface area contributed by atoms with Crippen LogP contribution in [0.3, 0.4) is 0 Å². The molecule has 1 heterocycles. The summed E-state index contributed by atoms with van der Waals surface area (Å²) in [5, 5.41) is 3.23. The van der Waals surface area contributed by atoms with E-state index in [4.69, 9.17) is 4.42 Å². The van der Waals surface area contributed by atoms with E-state index in [1.165, 1.54) is 0 Å². The minimum Gasteiger partial charge on any atom is -0.467 e. The van der Waals surface area contributed by atoms with Crippen LogP contribution in [0.4, 0.5) is 14.5 Å². The third-order valence-electron chi connectivity index (χ3n) is 2.43. The average molecular weight is 269 g/mol. The zero-order valence-corrected chi connectivity index (χ0v) is 10.6. The van der Waals surface area contributed by atoms with Gasteiger partial charge in [-0.05, 0) is 43.3 Å². The van der Waals surface area contributed by atoms with Crippen LogP contribution in [0.25, 0.3) is 0 Å². The highest BCUT2D eigenvalue weighted by Crippen LogP contribution is 2.27. The summed E-state index contributed by atoms with van der Waals surface area (Å²) in [7, 11) is 0. The van der Waals surface area contributed by atoms with Gasteiger partial charge in [0.15, 0.2) is 0 Å². The molecule has 0 radical (unpaired) electrons. The van der Waals surface area contributed by atoms with Gasteiger partial charge >= 0.3 is 0 Å². The molecule has 0 saturated carbocycles. The van der Waals surface area contributed by atoms with Crippen LogP contribution in [0.5, 0.6) is 0 Å². The summed E-state index contributed by atoms with van der Waals surface area (Å²) in [6.45, 7) is 1.97. The van der Waals surface area contributed by atoms with Crippen LogP contribution < -0.4 is 5.32 Å². The minimum absolute atomic E-state index is 0.0357. The van der Waals surface area contributed by atoms with E-state index >= 15 is 0 Å². The Balaban J connectivity index is 1.98. The molecule has 96 valence electrons. The van der Waals surface area contributed by atoms with Gasteiger partial charge in [-0.25, -0.2) is 0 Å². The third kappa shape index (κ3) is 3.50. The molecule has 0 spiro atoms. The highest BCUT2D eigenvalue weighted by atomic mass is 32.2. The van der Waals surface area contributed by atoms with E-state index in [1.54, 1.807) is 30.5 Å². The molecule has 18 heavy (non-hydrogen) atoms. The Morgan fingerprint density at radius 2 is 1.89 bits per heavy atom. The molecule has 0 aliphatic carbocycles. The number of alkyl halides is 2. The van der Waals surface area contributed by atoms with Crippen molar-refractivity contribution in [2.45, 2.75) is 23.6 Å². The summed E-state index contributed by atoms with van der Waals surface area (Å²) in [6, 6.07) is 10.7. The van der Waals surface area contributed by atoms with Gasteiger partial charge in [-0.3, -0.25) is 0 Å². The molecule has 2 nitrogen and oxygen atoms in total. The van der Waals surface area contributed by atoms with Gasteiger partial charge in [0.2, 0.25) is 0 Å². The summed E-state index contributed by atoms with van der Waals surface area (Å²) in [5.74, 6) is -1.55. The number of hydrogen-bond donors (Lipinski definition) is 1. The van der Waals surface area contributed by atoms with Crippen molar-refractivity contribution in [3.05, 3.63) is 48.4 Å². The summed E-state index contributed by atoms with van der Waals surface area (Å²) < 4.78 is 29.6. The van der Waals surface area contributed by atoms with Crippen molar-refractivity contribution >= 4 is 17.4 Å². The molecule has 0 aliphatic heterocycles. The molecule has 1 atom stereocenters. The molecule has 0 aliphatic rings. The Morgan fingerprint density at radius 1 is 1.17 bits per heavy atom. The number of nitrogens with one attached hydrogen (secondary N) is 1. The Bertz CT molecular complexity index is 470. The van der Waals surface area contributed by atoms with Crippen LogP contribution in [0.1, 0.15) is 18.7 Å². The second-order valence-electron chi connectivity index (χ2n) is 3.78. The summed E-state index contributed by atoms with van der Waals surface area (Å²) in [5.41, 5.74) is 0.873. The van der Waals surface area contributed by atoms with Gasteiger partial charge < -0.3 is 9.73 Å². The maximum atomic E-state index is 12.2. The first kappa shape index (κ1) is 13.0. The van der Waals surface area contributed by atoms with Crippen molar-refractivity contribution in [3.63, 3.8) is 0 Å². The average Bonchev–Trinajstić information content (AvgIpc) is 2.84. The molecule has 0 bridgehead atoms. The van der Waals surface area contributed by atoms with Crippen LogP contribution in [-0.4, -0.2) is 5.76 Å². The SMILES string of the molecule is CC(Nc1ccc(SC(F)F)cc1)c1ccco1. The molecular weight excluding hydrogens is 256 g/mol. The second-order valence-corrected chi connectivity index (χ2v) is 4.85. The van der Waals surface area contributed by atoms with Crippen LogP contribution in [0.2, 0.25) is 0 Å². The van der Waals surface area contributed by atoms with Gasteiger partial charge in [-0.15, -0.1) is 0 Å². The Labute approximate surface area is 108 Å². The highest BCUT2D eigenvalue weighted by molar-refractivity contribution is 7.99.